The highest BCUT2D eigenvalue weighted by molar-refractivity contribution is 8.04. The molecule has 0 bridgehead atoms. The Hall–Kier alpha value is -2.70. The van der Waals surface area contributed by atoms with Gasteiger partial charge in [-0.15, -0.1) is 11.8 Å². The van der Waals surface area contributed by atoms with E-state index in [1.54, 1.807) is 6.07 Å². The maximum absolute atomic E-state index is 12.9. The molecule has 6 heteroatoms. The maximum atomic E-state index is 12.9. The maximum Gasteiger partial charge on any atom is 0.274 e. The molecule has 7 rings (SSSR count). The van der Waals surface area contributed by atoms with Crippen molar-refractivity contribution in [2.45, 2.75) is 23.8 Å². The van der Waals surface area contributed by atoms with E-state index < -0.39 is 0 Å². The highest BCUT2D eigenvalue weighted by Gasteiger charge is 2.62. The molecule has 5 unspecified atom stereocenters. The average Bonchev–Trinajstić information content (AvgIpc) is 3.66. The number of thioether (sulfide) groups is 1. The topological polar surface area (TPSA) is 66.4 Å². The zero-order chi connectivity index (χ0) is 19.9. The second-order valence-corrected chi connectivity index (χ2v) is 9.98. The molecule has 5 nitrogen and oxygen atoms in total. The zero-order valence-electron chi connectivity index (χ0n) is 16.2. The Labute approximate surface area is 178 Å². The third-order valence-electron chi connectivity index (χ3n) is 6.91. The summed E-state index contributed by atoms with van der Waals surface area (Å²) in [6.45, 7) is 0. The Morgan fingerprint density at radius 2 is 2.17 bits per heavy atom. The smallest absolute Gasteiger partial charge is 0.274 e. The fraction of sp³-hybridized carbons (Fsp3) is 0.292. The second-order valence-electron chi connectivity index (χ2n) is 8.83. The largest absolute Gasteiger partial charge is 0.324 e. The highest BCUT2D eigenvalue weighted by atomic mass is 32.2. The summed E-state index contributed by atoms with van der Waals surface area (Å²) >= 11 is 1.88. The lowest BCUT2D eigenvalue weighted by molar-refractivity contribution is 0.0959. The number of nitrogens with zero attached hydrogens (tertiary/aromatic N) is 2. The Morgan fingerprint density at radius 1 is 1.23 bits per heavy atom. The molecule has 1 saturated heterocycles. The second kappa shape index (κ2) is 5.93. The van der Waals surface area contributed by atoms with Gasteiger partial charge in [0.05, 0.1) is 16.4 Å². The molecular weight excluding hydrogens is 392 g/mol. The van der Waals surface area contributed by atoms with Crippen LogP contribution in [-0.4, -0.2) is 28.0 Å². The van der Waals surface area contributed by atoms with E-state index in [1.165, 1.54) is 10.5 Å². The van der Waals surface area contributed by atoms with Crippen molar-refractivity contribution in [3.8, 4) is 0 Å². The van der Waals surface area contributed by atoms with Crippen molar-refractivity contribution in [3.63, 3.8) is 0 Å². The molecule has 1 amide bonds. The van der Waals surface area contributed by atoms with Gasteiger partial charge in [0.2, 0.25) is 0 Å². The van der Waals surface area contributed by atoms with Crippen molar-refractivity contribution < 1.29 is 4.79 Å². The van der Waals surface area contributed by atoms with Gasteiger partial charge in [-0.3, -0.25) is 15.1 Å². The van der Waals surface area contributed by atoms with Crippen LogP contribution in [0.3, 0.4) is 0 Å². The normalized spacial score (nSPS) is 34.9. The number of amides is 1. The van der Waals surface area contributed by atoms with Crippen LogP contribution < -0.4 is 10.6 Å². The molecule has 3 aliphatic carbocycles. The number of hydrogen-bond donors (Lipinski definition) is 2. The number of para-hydroxylation sites is 1. The lowest BCUT2D eigenvalue weighted by Crippen LogP contribution is -2.35. The van der Waals surface area contributed by atoms with E-state index in [0.717, 1.165) is 29.4 Å². The van der Waals surface area contributed by atoms with Crippen molar-refractivity contribution in [2.75, 3.05) is 0 Å². The Morgan fingerprint density at radius 3 is 3.10 bits per heavy atom. The van der Waals surface area contributed by atoms with Crippen molar-refractivity contribution >= 4 is 34.8 Å². The first kappa shape index (κ1) is 17.0. The number of benzene rings is 1. The lowest BCUT2D eigenvalue weighted by atomic mass is 10.0. The van der Waals surface area contributed by atoms with Gasteiger partial charge in [0, 0.05) is 40.2 Å². The van der Waals surface area contributed by atoms with Crippen LogP contribution in [0.4, 0.5) is 0 Å². The van der Waals surface area contributed by atoms with Gasteiger partial charge < -0.3 is 5.32 Å². The van der Waals surface area contributed by atoms with Crippen LogP contribution in [0.5, 0.6) is 0 Å². The summed E-state index contributed by atoms with van der Waals surface area (Å²) in [7, 11) is 0. The number of hydrogen-bond acceptors (Lipinski definition) is 5. The van der Waals surface area contributed by atoms with Gasteiger partial charge in [-0.2, -0.15) is 0 Å². The van der Waals surface area contributed by atoms with Crippen LogP contribution in [0.25, 0.3) is 10.9 Å². The molecule has 0 radical (unpaired) electrons. The number of nitrogens with one attached hydrogen (secondary N) is 2. The molecule has 30 heavy (non-hydrogen) atoms. The van der Waals surface area contributed by atoms with Crippen LogP contribution >= 0.6 is 11.8 Å². The SMILES string of the molecule is O=C(NC1=CC(C2NC34CC3C=NC=C4S2)=CC2CC12)c1ccc2ccccc2n1. The van der Waals surface area contributed by atoms with E-state index in [2.05, 4.69) is 39.0 Å². The molecule has 1 spiro atoms. The van der Waals surface area contributed by atoms with Crippen LogP contribution in [0.2, 0.25) is 0 Å². The van der Waals surface area contributed by atoms with Gasteiger partial charge in [0.1, 0.15) is 5.69 Å². The lowest BCUT2D eigenvalue weighted by Gasteiger charge is -2.19. The van der Waals surface area contributed by atoms with Crippen LogP contribution in [-0.2, 0) is 0 Å². The van der Waals surface area contributed by atoms with E-state index in [9.17, 15) is 4.79 Å². The summed E-state index contributed by atoms with van der Waals surface area (Å²) in [4.78, 5) is 23.2. The minimum Gasteiger partial charge on any atom is -0.324 e. The molecule has 148 valence electrons. The molecule has 2 saturated carbocycles. The Balaban J connectivity index is 1.13. The molecular formula is C24H20N4OS. The number of carbonyl (C=O) groups is 1. The Kier molecular flexibility index (Phi) is 3.36. The summed E-state index contributed by atoms with van der Waals surface area (Å²) in [5, 5.41) is 8.29. The van der Waals surface area contributed by atoms with Gasteiger partial charge in [0.25, 0.3) is 5.91 Å². The number of allylic oxidation sites excluding steroid dienone is 2. The number of pyridine rings is 1. The monoisotopic (exact) mass is 412 g/mol. The number of rotatable bonds is 3. The van der Waals surface area contributed by atoms with E-state index in [4.69, 9.17) is 0 Å². The third-order valence-corrected chi connectivity index (χ3v) is 8.25. The predicted octanol–water partition coefficient (Wildman–Crippen LogP) is 3.77. The predicted molar refractivity (Wildman–Crippen MR) is 119 cm³/mol. The highest BCUT2D eigenvalue weighted by Crippen LogP contribution is 2.60. The fourth-order valence-corrected chi connectivity index (χ4v) is 6.44. The van der Waals surface area contributed by atoms with Crippen molar-refractivity contribution in [2.24, 2.45) is 22.7 Å². The van der Waals surface area contributed by atoms with E-state index in [-0.39, 0.29) is 16.8 Å². The minimum absolute atomic E-state index is 0.128. The first-order chi connectivity index (χ1) is 14.7. The van der Waals surface area contributed by atoms with Gasteiger partial charge in [-0.1, -0.05) is 30.3 Å². The number of fused-ring (bicyclic) bond motifs is 2. The van der Waals surface area contributed by atoms with Gasteiger partial charge in [0.15, 0.2) is 0 Å². The molecule has 3 fully saturated rings. The van der Waals surface area contributed by atoms with Gasteiger partial charge >= 0.3 is 0 Å². The molecule has 2 aromatic rings. The van der Waals surface area contributed by atoms with Crippen LogP contribution in [0.1, 0.15) is 23.3 Å². The molecule has 3 heterocycles. The average molecular weight is 413 g/mol. The number of carbonyl (C=O) groups excluding carboxylic acids is 1. The summed E-state index contributed by atoms with van der Waals surface area (Å²) in [6, 6.07) is 11.6. The van der Waals surface area contributed by atoms with Crippen molar-refractivity contribution in [3.05, 3.63) is 76.6 Å². The summed E-state index contributed by atoms with van der Waals surface area (Å²) in [6.07, 6.45) is 10.9. The standard InChI is InChI=1S/C24H20N4OS/c29-22(19-6-5-13-3-1-2-4-18(13)26-19)27-20-9-15(7-14-8-17(14)20)23-28-24-10-16(24)11-25-12-21(24)30-23/h1-7,9,11-12,14,16-17,23,28H,8,10H2,(H,27,29). The first-order valence-corrected chi connectivity index (χ1v) is 11.4. The molecule has 2 N–H and O–H groups in total. The fourth-order valence-electron chi connectivity index (χ4n) is 5.01. The summed E-state index contributed by atoms with van der Waals surface area (Å²) in [5.41, 5.74) is 3.74. The minimum atomic E-state index is -0.128. The van der Waals surface area contributed by atoms with E-state index >= 15 is 0 Å². The molecule has 5 aliphatic rings. The Bertz CT molecular complexity index is 1240. The summed E-state index contributed by atoms with van der Waals surface area (Å²) < 4.78 is 0. The zero-order valence-corrected chi connectivity index (χ0v) is 17.0. The molecule has 2 aliphatic heterocycles. The number of aliphatic imine (C=N–C) groups is 1. The van der Waals surface area contributed by atoms with Gasteiger partial charge in [-0.05, 0) is 42.5 Å². The van der Waals surface area contributed by atoms with Gasteiger partial charge in [-0.25, -0.2) is 4.98 Å². The first-order valence-electron chi connectivity index (χ1n) is 10.5. The summed E-state index contributed by atoms with van der Waals surface area (Å²) in [5.74, 6) is 1.38. The number of aromatic nitrogens is 1. The van der Waals surface area contributed by atoms with E-state index in [1.807, 2.05) is 48.3 Å². The molecule has 1 aromatic heterocycles. The molecule has 1 aromatic carbocycles. The van der Waals surface area contributed by atoms with Crippen molar-refractivity contribution in [1.29, 1.82) is 0 Å². The van der Waals surface area contributed by atoms with Crippen LogP contribution in [0, 0.1) is 17.8 Å². The molecule has 5 atom stereocenters. The third kappa shape index (κ3) is 2.50. The quantitative estimate of drug-likeness (QED) is 0.805. The van der Waals surface area contributed by atoms with E-state index in [0.29, 0.717) is 23.4 Å². The van der Waals surface area contributed by atoms with Crippen LogP contribution in [0.15, 0.2) is 75.9 Å². The van der Waals surface area contributed by atoms with Crippen molar-refractivity contribution in [1.82, 2.24) is 15.6 Å².